The normalized spacial score (nSPS) is 12.8. The number of benzene rings is 1. The second-order valence-electron chi connectivity index (χ2n) is 10.8. The van der Waals surface area contributed by atoms with Crippen molar-refractivity contribution in [1.29, 1.82) is 0 Å². The van der Waals surface area contributed by atoms with Crippen LogP contribution in [-0.2, 0) is 20.7 Å². The zero-order valence-corrected chi connectivity index (χ0v) is 23.9. The molecule has 1 rings (SSSR count). The average molecular weight is 519 g/mol. The van der Waals surface area contributed by atoms with Crippen molar-refractivity contribution in [2.75, 3.05) is 19.8 Å². The van der Waals surface area contributed by atoms with Crippen molar-refractivity contribution in [3.05, 3.63) is 35.9 Å². The van der Waals surface area contributed by atoms with Crippen molar-refractivity contribution < 1.29 is 19.1 Å². The number of esters is 1. The molecule has 0 fully saturated rings. The molecular formula is C31H54N2O4. The molecule has 3 N–H and O–H groups in total. The SMILES string of the molecule is CCCCCCCCCCCCCCC(N)(CCNC(=O)OCCOC(=O)C(C)C)Cc1ccccc1. The fraction of sp³-hybridized carbons (Fsp3) is 0.742. The number of carbonyl (C=O) groups excluding carboxylic acids is 2. The van der Waals surface area contributed by atoms with E-state index in [1.165, 1.54) is 76.2 Å². The summed E-state index contributed by atoms with van der Waals surface area (Å²) >= 11 is 0. The van der Waals surface area contributed by atoms with Gasteiger partial charge in [-0.05, 0) is 24.8 Å². The highest BCUT2D eigenvalue weighted by molar-refractivity contribution is 5.71. The smallest absolute Gasteiger partial charge is 0.407 e. The van der Waals surface area contributed by atoms with Crippen LogP contribution in [0.4, 0.5) is 4.79 Å². The number of nitrogens with two attached hydrogens (primary N) is 1. The zero-order chi connectivity index (χ0) is 27.2. The highest BCUT2D eigenvalue weighted by Gasteiger charge is 2.25. The van der Waals surface area contributed by atoms with Gasteiger partial charge in [-0.25, -0.2) is 4.79 Å². The van der Waals surface area contributed by atoms with E-state index in [0.717, 1.165) is 19.3 Å². The van der Waals surface area contributed by atoms with Crippen molar-refractivity contribution in [3.8, 4) is 0 Å². The number of ether oxygens (including phenoxy) is 2. The average Bonchev–Trinajstić information content (AvgIpc) is 2.87. The van der Waals surface area contributed by atoms with Crippen LogP contribution in [0.5, 0.6) is 0 Å². The van der Waals surface area contributed by atoms with E-state index in [0.29, 0.717) is 13.0 Å². The Kier molecular flexibility index (Phi) is 18.6. The molecule has 0 heterocycles. The molecule has 0 aliphatic carbocycles. The Morgan fingerprint density at radius 1 is 0.811 bits per heavy atom. The monoisotopic (exact) mass is 518 g/mol. The van der Waals surface area contributed by atoms with Gasteiger partial charge in [-0.1, -0.05) is 128 Å². The summed E-state index contributed by atoms with van der Waals surface area (Å²) in [4.78, 5) is 23.5. The Bertz CT molecular complexity index is 710. The van der Waals surface area contributed by atoms with E-state index in [9.17, 15) is 9.59 Å². The summed E-state index contributed by atoms with van der Waals surface area (Å²) in [6, 6.07) is 10.3. The van der Waals surface area contributed by atoms with Crippen LogP contribution >= 0.6 is 0 Å². The van der Waals surface area contributed by atoms with Gasteiger partial charge in [-0.2, -0.15) is 0 Å². The van der Waals surface area contributed by atoms with Gasteiger partial charge in [-0.15, -0.1) is 0 Å². The van der Waals surface area contributed by atoms with Crippen LogP contribution in [0.3, 0.4) is 0 Å². The molecule has 0 aromatic heterocycles. The molecule has 1 unspecified atom stereocenters. The molecule has 0 aliphatic rings. The van der Waals surface area contributed by atoms with Gasteiger partial charge in [0.15, 0.2) is 0 Å². The van der Waals surface area contributed by atoms with Gasteiger partial charge in [0.05, 0.1) is 5.92 Å². The first-order valence-corrected chi connectivity index (χ1v) is 14.8. The van der Waals surface area contributed by atoms with Crippen LogP contribution in [0.2, 0.25) is 0 Å². The minimum atomic E-state index is -0.506. The highest BCUT2D eigenvalue weighted by atomic mass is 16.6. The Morgan fingerprint density at radius 3 is 1.92 bits per heavy atom. The number of amides is 1. The van der Waals surface area contributed by atoms with Crippen molar-refractivity contribution in [1.82, 2.24) is 5.32 Å². The number of unbranched alkanes of at least 4 members (excludes halogenated alkanes) is 11. The lowest BCUT2D eigenvalue weighted by atomic mass is 9.83. The van der Waals surface area contributed by atoms with Gasteiger partial charge in [-0.3, -0.25) is 4.79 Å². The molecule has 1 aromatic rings. The molecule has 0 spiro atoms. The van der Waals surface area contributed by atoms with Crippen LogP contribution in [0.1, 0.15) is 116 Å². The lowest BCUT2D eigenvalue weighted by Gasteiger charge is -2.30. The summed E-state index contributed by atoms with van der Waals surface area (Å²) in [6.07, 6.45) is 17.7. The van der Waals surface area contributed by atoms with Gasteiger partial charge in [0.2, 0.25) is 0 Å². The predicted octanol–water partition coefficient (Wildman–Crippen LogP) is 7.33. The number of hydrogen-bond donors (Lipinski definition) is 2. The summed E-state index contributed by atoms with van der Waals surface area (Å²) in [5, 5.41) is 2.80. The van der Waals surface area contributed by atoms with E-state index in [1.807, 2.05) is 18.2 Å². The van der Waals surface area contributed by atoms with Crippen molar-refractivity contribution in [3.63, 3.8) is 0 Å². The van der Waals surface area contributed by atoms with Gasteiger partial charge in [0.1, 0.15) is 13.2 Å². The number of alkyl carbamates (subject to hydrolysis) is 1. The quantitative estimate of drug-likeness (QED) is 0.124. The van der Waals surface area contributed by atoms with E-state index in [2.05, 4.69) is 24.4 Å². The standard InChI is InChI=1S/C31H54N2O4/c1-4-5-6-7-8-9-10-11-12-13-14-18-21-31(32,26-28-19-16-15-17-20-28)22-23-33-30(35)37-25-24-36-29(34)27(2)3/h15-17,19-20,27H,4-14,18,21-26,32H2,1-3H3,(H,33,35). The van der Waals surface area contributed by atoms with Crippen LogP contribution in [0.25, 0.3) is 0 Å². The fourth-order valence-electron chi connectivity index (χ4n) is 4.53. The Hall–Kier alpha value is -2.08. The Morgan fingerprint density at radius 2 is 1.35 bits per heavy atom. The molecule has 1 aromatic carbocycles. The molecule has 0 saturated carbocycles. The maximum absolute atomic E-state index is 12.0. The number of hydrogen-bond acceptors (Lipinski definition) is 5. The molecule has 37 heavy (non-hydrogen) atoms. The first-order chi connectivity index (χ1) is 17.9. The molecular weight excluding hydrogens is 464 g/mol. The third kappa shape index (κ3) is 17.9. The van der Waals surface area contributed by atoms with Crippen molar-refractivity contribution in [2.45, 2.75) is 123 Å². The summed E-state index contributed by atoms with van der Waals surface area (Å²) in [6.45, 7) is 6.36. The van der Waals surface area contributed by atoms with E-state index >= 15 is 0 Å². The van der Waals surface area contributed by atoms with Crippen molar-refractivity contribution in [2.24, 2.45) is 11.7 Å². The Labute approximate surface area is 226 Å². The van der Waals surface area contributed by atoms with E-state index in [-0.39, 0.29) is 30.6 Å². The van der Waals surface area contributed by atoms with Gasteiger partial charge in [0.25, 0.3) is 0 Å². The minimum Gasteiger partial charge on any atom is -0.462 e. The topological polar surface area (TPSA) is 90.7 Å². The number of rotatable bonds is 22. The maximum Gasteiger partial charge on any atom is 0.407 e. The van der Waals surface area contributed by atoms with Gasteiger partial charge in [0, 0.05) is 12.1 Å². The molecule has 6 nitrogen and oxygen atoms in total. The Balaban J connectivity index is 2.29. The largest absolute Gasteiger partial charge is 0.462 e. The predicted molar refractivity (Wildman–Crippen MR) is 153 cm³/mol. The summed E-state index contributed by atoms with van der Waals surface area (Å²) in [5.74, 6) is -0.489. The lowest BCUT2D eigenvalue weighted by molar-refractivity contribution is -0.148. The molecule has 0 saturated heterocycles. The van der Waals surface area contributed by atoms with Gasteiger partial charge >= 0.3 is 12.1 Å². The van der Waals surface area contributed by atoms with E-state index in [1.54, 1.807) is 13.8 Å². The van der Waals surface area contributed by atoms with Crippen molar-refractivity contribution >= 4 is 12.1 Å². The molecule has 1 atom stereocenters. The lowest BCUT2D eigenvalue weighted by Crippen LogP contribution is -2.45. The summed E-state index contributed by atoms with van der Waals surface area (Å²) in [7, 11) is 0. The first kappa shape index (κ1) is 32.9. The fourth-order valence-corrected chi connectivity index (χ4v) is 4.53. The third-order valence-electron chi connectivity index (χ3n) is 6.85. The molecule has 0 radical (unpaired) electrons. The van der Waals surface area contributed by atoms with Crippen LogP contribution in [0.15, 0.2) is 30.3 Å². The molecule has 0 aliphatic heterocycles. The molecule has 212 valence electrons. The number of nitrogens with one attached hydrogen (secondary N) is 1. The second kappa shape index (κ2) is 20.9. The van der Waals surface area contributed by atoms with Crippen LogP contribution in [0, 0.1) is 5.92 Å². The second-order valence-corrected chi connectivity index (χ2v) is 10.8. The summed E-state index contributed by atoms with van der Waals surface area (Å²) in [5.41, 5.74) is 7.73. The maximum atomic E-state index is 12.0. The molecule has 1 amide bonds. The number of carbonyl (C=O) groups is 2. The van der Waals surface area contributed by atoms with E-state index < -0.39 is 6.09 Å². The first-order valence-electron chi connectivity index (χ1n) is 14.8. The van der Waals surface area contributed by atoms with Crippen LogP contribution < -0.4 is 11.1 Å². The third-order valence-corrected chi connectivity index (χ3v) is 6.85. The minimum absolute atomic E-state index is 0.0426. The zero-order valence-electron chi connectivity index (χ0n) is 23.9. The van der Waals surface area contributed by atoms with Crippen LogP contribution in [-0.4, -0.2) is 37.4 Å². The molecule has 0 bridgehead atoms. The summed E-state index contributed by atoms with van der Waals surface area (Å²) < 4.78 is 10.1. The van der Waals surface area contributed by atoms with E-state index in [4.69, 9.17) is 15.2 Å². The highest BCUT2D eigenvalue weighted by Crippen LogP contribution is 2.22. The molecule has 6 heteroatoms. The van der Waals surface area contributed by atoms with Gasteiger partial charge < -0.3 is 20.5 Å².